The number of carboxylic acids is 1. The average molecular weight is 305 g/mol. The molecule has 0 saturated heterocycles. The first-order chi connectivity index (χ1) is 9.12. The van der Waals surface area contributed by atoms with Gasteiger partial charge in [-0.25, -0.2) is 17.9 Å². The van der Waals surface area contributed by atoms with Gasteiger partial charge >= 0.3 is 11.7 Å². The molecule has 0 aliphatic heterocycles. The van der Waals surface area contributed by atoms with Crippen molar-refractivity contribution in [1.29, 1.82) is 0 Å². The van der Waals surface area contributed by atoms with Crippen molar-refractivity contribution < 1.29 is 18.3 Å². The van der Waals surface area contributed by atoms with E-state index in [1.54, 1.807) is 11.9 Å². The monoisotopic (exact) mass is 305 g/mol. The van der Waals surface area contributed by atoms with Gasteiger partial charge in [0.1, 0.15) is 0 Å². The number of hydrogen-bond acceptors (Lipinski definition) is 5. The molecule has 0 spiro atoms. The summed E-state index contributed by atoms with van der Waals surface area (Å²) in [5, 5.41) is 9.04. The predicted molar refractivity (Wildman–Crippen MR) is 68.9 cm³/mol. The highest BCUT2D eigenvalue weighted by atomic mass is 32.2. The van der Waals surface area contributed by atoms with Crippen molar-refractivity contribution in [2.75, 3.05) is 6.54 Å². The summed E-state index contributed by atoms with van der Waals surface area (Å²) in [5.41, 5.74) is -3.20. The third-order valence-electron chi connectivity index (χ3n) is 3.02. The molecule has 1 unspecified atom stereocenters. The molecule has 0 amide bonds. The van der Waals surface area contributed by atoms with E-state index in [2.05, 4.69) is 4.72 Å². The molecule has 20 heavy (non-hydrogen) atoms. The minimum absolute atomic E-state index is 0.201. The van der Waals surface area contributed by atoms with Gasteiger partial charge < -0.3 is 10.1 Å². The zero-order valence-corrected chi connectivity index (χ0v) is 11.7. The number of sulfonamides is 1. The number of aromatic nitrogens is 2. The first-order valence-electron chi connectivity index (χ1n) is 5.67. The molecule has 1 aromatic heterocycles. The van der Waals surface area contributed by atoms with Gasteiger partial charge in [-0.1, -0.05) is 6.92 Å². The number of aromatic amines is 2. The Balaban J connectivity index is 3.05. The van der Waals surface area contributed by atoms with Crippen LogP contribution in [0.15, 0.2) is 20.7 Å². The van der Waals surface area contributed by atoms with Crippen molar-refractivity contribution >= 4 is 16.0 Å². The normalized spacial score (nSPS) is 14.7. The first kappa shape index (κ1) is 16.1. The zero-order valence-electron chi connectivity index (χ0n) is 10.9. The fraction of sp³-hybridized carbons (Fsp3) is 0.500. The lowest BCUT2D eigenvalue weighted by Crippen LogP contribution is -2.42. The molecule has 0 aliphatic rings. The van der Waals surface area contributed by atoms with Crippen LogP contribution in [0.3, 0.4) is 0 Å². The topological polar surface area (TPSA) is 149 Å². The van der Waals surface area contributed by atoms with E-state index in [-0.39, 0.29) is 13.0 Å². The smallest absolute Gasteiger partial charge is 0.325 e. The second-order valence-electron chi connectivity index (χ2n) is 4.48. The van der Waals surface area contributed by atoms with Gasteiger partial charge in [0.25, 0.3) is 5.56 Å². The van der Waals surface area contributed by atoms with E-state index >= 15 is 0 Å². The van der Waals surface area contributed by atoms with E-state index in [0.717, 1.165) is 6.20 Å². The fourth-order valence-corrected chi connectivity index (χ4v) is 2.45. The van der Waals surface area contributed by atoms with Crippen molar-refractivity contribution in [2.45, 2.75) is 25.2 Å². The van der Waals surface area contributed by atoms with Crippen LogP contribution in [-0.2, 0) is 14.8 Å². The fourth-order valence-electron chi connectivity index (χ4n) is 1.28. The van der Waals surface area contributed by atoms with Crippen LogP contribution in [0.5, 0.6) is 0 Å². The van der Waals surface area contributed by atoms with E-state index in [0.29, 0.717) is 0 Å². The summed E-state index contributed by atoms with van der Waals surface area (Å²) in [6, 6.07) is 0. The van der Waals surface area contributed by atoms with Crippen LogP contribution in [0.1, 0.15) is 20.3 Å². The van der Waals surface area contributed by atoms with E-state index < -0.39 is 37.6 Å². The summed E-state index contributed by atoms with van der Waals surface area (Å²) < 4.78 is 25.9. The number of aliphatic carboxylic acids is 1. The molecule has 9 nitrogen and oxygen atoms in total. The Morgan fingerprint density at radius 3 is 2.50 bits per heavy atom. The molecular weight excluding hydrogens is 290 g/mol. The molecule has 0 aromatic carbocycles. The minimum atomic E-state index is -4.21. The lowest BCUT2D eigenvalue weighted by atomic mass is 9.88. The van der Waals surface area contributed by atoms with Crippen LogP contribution in [0.25, 0.3) is 0 Å². The molecule has 0 saturated carbocycles. The third-order valence-corrected chi connectivity index (χ3v) is 4.43. The van der Waals surface area contributed by atoms with Crippen molar-refractivity contribution in [3.63, 3.8) is 0 Å². The Labute approximate surface area is 114 Å². The van der Waals surface area contributed by atoms with Gasteiger partial charge in [-0.05, 0) is 13.3 Å². The Morgan fingerprint density at radius 2 is 2.05 bits per heavy atom. The highest BCUT2D eigenvalue weighted by molar-refractivity contribution is 7.89. The van der Waals surface area contributed by atoms with Gasteiger partial charge in [0, 0.05) is 12.7 Å². The Bertz CT molecular complexity index is 719. The number of hydrogen-bond donors (Lipinski definition) is 4. The number of H-pyrrole nitrogens is 2. The summed E-state index contributed by atoms with van der Waals surface area (Å²) in [6.45, 7) is 2.61. The van der Waals surface area contributed by atoms with Gasteiger partial charge in [-0.3, -0.25) is 14.6 Å². The number of carbonyl (C=O) groups is 1. The Hall–Kier alpha value is -1.94. The van der Waals surface area contributed by atoms with Crippen LogP contribution in [0.2, 0.25) is 0 Å². The largest absolute Gasteiger partial charge is 0.481 e. The molecule has 112 valence electrons. The van der Waals surface area contributed by atoms with Crippen molar-refractivity contribution in [1.82, 2.24) is 14.7 Å². The first-order valence-corrected chi connectivity index (χ1v) is 7.16. The van der Waals surface area contributed by atoms with Crippen LogP contribution in [-0.4, -0.2) is 36.0 Å². The summed E-state index contributed by atoms with van der Waals surface area (Å²) in [7, 11) is -4.21. The molecule has 0 aliphatic carbocycles. The summed E-state index contributed by atoms with van der Waals surface area (Å²) in [5.74, 6) is -1.15. The standard InChI is InChI=1S/C10H15N3O6S/c1-3-10(2,8(15)16)5-12-20(18,19)6-4-11-9(17)13-7(6)14/h4,12H,3,5H2,1-2H3,(H,15,16)(H2,11,13,14,17). The molecule has 1 atom stereocenters. The second-order valence-corrected chi connectivity index (χ2v) is 6.22. The summed E-state index contributed by atoms with van der Waals surface area (Å²) in [6.07, 6.45) is 0.959. The summed E-state index contributed by atoms with van der Waals surface area (Å²) >= 11 is 0. The van der Waals surface area contributed by atoms with Gasteiger partial charge in [0.2, 0.25) is 10.0 Å². The highest BCUT2D eigenvalue weighted by Gasteiger charge is 2.33. The lowest BCUT2D eigenvalue weighted by Gasteiger charge is -2.22. The second kappa shape index (κ2) is 5.59. The minimum Gasteiger partial charge on any atom is -0.481 e. The Morgan fingerprint density at radius 1 is 1.45 bits per heavy atom. The van der Waals surface area contributed by atoms with Crippen molar-refractivity contribution in [3.8, 4) is 0 Å². The van der Waals surface area contributed by atoms with E-state index in [1.165, 1.54) is 6.92 Å². The number of carboxylic acid groups (broad SMARTS) is 1. The van der Waals surface area contributed by atoms with Gasteiger partial charge in [0.15, 0.2) is 4.90 Å². The van der Waals surface area contributed by atoms with Gasteiger partial charge in [0.05, 0.1) is 5.41 Å². The third kappa shape index (κ3) is 3.33. The van der Waals surface area contributed by atoms with Crippen LogP contribution < -0.4 is 16.0 Å². The zero-order chi connectivity index (χ0) is 15.6. The van der Waals surface area contributed by atoms with Gasteiger partial charge in [-0.15, -0.1) is 0 Å². The van der Waals surface area contributed by atoms with Gasteiger partial charge in [-0.2, -0.15) is 0 Å². The highest BCUT2D eigenvalue weighted by Crippen LogP contribution is 2.20. The molecule has 0 radical (unpaired) electrons. The maximum Gasteiger partial charge on any atom is 0.325 e. The molecule has 1 heterocycles. The molecule has 0 bridgehead atoms. The van der Waals surface area contributed by atoms with Crippen LogP contribution in [0.4, 0.5) is 0 Å². The van der Waals surface area contributed by atoms with Crippen molar-refractivity contribution in [2.24, 2.45) is 5.41 Å². The maximum atomic E-state index is 11.9. The van der Waals surface area contributed by atoms with Crippen molar-refractivity contribution in [3.05, 3.63) is 27.0 Å². The van der Waals surface area contributed by atoms with E-state index in [4.69, 9.17) is 5.11 Å². The number of rotatable bonds is 6. The van der Waals surface area contributed by atoms with E-state index in [1.807, 2.05) is 4.98 Å². The van der Waals surface area contributed by atoms with Crippen LogP contribution in [0, 0.1) is 5.41 Å². The molecular formula is C10H15N3O6S. The summed E-state index contributed by atoms with van der Waals surface area (Å²) in [4.78, 5) is 36.4. The predicted octanol–water partition coefficient (Wildman–Crippen LogP) is -1.16. The van der Waals surface area contributed by atoms with E-state index in [9.17, 15) is 22.8 Å². The molecule has 10 heteroatoms. The quantitative estimate of drug-likeness (QED) is 0.521. The Kier molecular flexibility index (Phi) is 4.50. The SMILES string of the molecule is CCC(C)(CNS(=O)(=O)c1c[nH]c(=O)[nH]c1=O)C(=O)O. The molecule has 0 fully saturated rings. The average Bonchev–Trinajstić information content (AvgIpc) is 2.35. The maximum absolute atomic E-state index is 11.9. The van der Waals surface area contributed by atoms with Crippen LogP contribution >= 0.6 is 0 Å². The lowest BCUT2D eigenvalue weighted by molar-refractivity contribution is -0.147. The number of nitrogens with one attached hydrogen (secondary N) is 3. The molecule has 4 N–H and O–H groups in total. The molecule has 1 aromatic rings. The molecule has 1 rings (SSSR count).